The molecule has 0 aromatic carbocycles. The third kappa shape index (κ3) is 1470. The summed E-state index contributed by atoms with van der Waals surface area (Å²) in [5.41, 5.74) is 0. The van der Waals surface area contributed by atoms with Crippen molar-refractivity contribution in [2.75, 3.05) is 0 Å². The average Bonchev–Trinajstić information content (AvgIpc) is 3.13. The standard InChI is InChI=1S/18CN.7Fe.H2O/c18*1-2;;;;;;;;/h;;;;;;;;;;;;;;;;;;;;;;;;;1H2/q18*-1;;;;;3*+6;. The van der Waals surface area contributed by atoms with Gasteiger partial charge in [0.2, 0.25) is 0 Å². The molecule has 0 saturated carbocycles. The zero-order valence-corrected chi connectivity index (χ0v) is 27.8. The molecule has 0 radical (unpaired) electrons. The molecule has 2 N–H and O–H groups in total. The fraction of sp³-hybridized carbons (Fsp3) is 0. The van der Waals surface area contributed by atoms with Gasteiger partial charge in [-0.05, 0) is 0 Å². The molecule has 0 spiro atoms. The molecular weight excluding hydrogens is 875 g/mol. The van der Waals surface area contributed by atoms with E-state index in [9.17, 15) is 0 Å². The molecule has 0 atom stereocenters. The summed E-state index contributed by atoms with van der Waals surface area (Å²) in [7, 11) is 0. The van der Waals surface area contributed by atoms with E-state index in [0.717, 1.165) is 0 Å². The van der Waals surface area contributed by atoms with Gasteiger partial charge in [-0.15, -0.1) is 0 Å². The molecule has 226 valence electrons. The van der Waals surface area contributed by atoms with Gasteiger partial charge in [0, 0.05) is 68.3 Å². The Morgan fingerprint density at radius 1 is 0.136 bits per heavy atom. The van der Waals surface area contributed by atoms with Crippen molar-refractivity contribution in [1.29, 1.82) is 94.7 Å². The minimum absolute atomic E-state index is 0. The predicted molar refractivity (Wildman–Crippen MR) is 93.0 cm³/mol. The van der Waals surface area contributed by atoms with Crippen molar-refractivity contribution < 1.29 is 125 Å². The average molecular weight is 877 g/mol. The fourth-order valence-corrected chi connectivity index (χ4v) is 0. The Balaban J connectivity index is -0.00000000321. The summed E-state index contributed by atoms with van der Waals surface area (Å²) >= 11 is 0. The van der Waals surface area contributed by atoms with Crippen molar-refractivity contribution >= 4 is 0 Å². The maximum Gasteiger partial charge on any atom is 6.00 e. The monoisotopic (exact) mass is 878 g/mol. The molecule has 0 bridgehead atoms. The van der Waals surface area contributed by atoms with Gasteiger partial charge in [0.25, 0.3) is 0 Å². The summed E-state index contributed by atoms with van der Waals surface area (Å²) in [6.07, 6.45) is 0. The third-order valence-corrected chi connectivity index (χ3v) is 0. The molecule has 26 heteroatoms. The molecule has 0 fully saturated rings. The largest absolute Gasteiger partial charge is 6.00 e. The molecule has 0 aliphatic carbocycles. The molecule has 0 unspecified atom stereocenters. The molecule has 44 heavy (non-hydrogen) atoms. The first-order valence-corrected chi connectivity index (χ1v) is 4.02. The van der Waals surface area contributed by atoms with Crippen LogP contribution in [0.3, 0.4) is 0 Å². The van der Waals surface area contributed by atoms with E-state index >= 15 is 0 Å². The fourth-order valence-electron chi connectivity index (χ4n) is 0. The van der Waals surface area contributed by atoms with Crippen LogP contribution in [0.2, 0.25) is 0 Å². The molecule has 0 heterocycles. The molecule has 0 amide bonds. The van der Waals surface area contributed by atoms with Crippen LogP contribution in [-0.4, -0.2) is 5.48 Å². The normalized spacial score (nSPS) is 0.818. The van der Waals surface area contributed by atoms with Crippen molar-refractivity contribution in [3.63, 3.8) is 0 Å². The van der Waals surface area contributed by atoms with E-state index in [4.69, 9.17) is 213 Å². The third-order valence-electron chi connectivity index (χ3n) is 0. The van der Waals surface area contributed by atoms with Gasteiger partial charge in [0.05, 0.1) is 0 Å². The van der Waals surface area contributed by atoms with Gasteiger partial charge in [-0.25, -0.2) is 0 Å². The first kappa shape index (κ1) is 349. The van der Waals surface area contributed by atoms with Gasteiger partial charge in [-0.1, -0.05) is 0 Å². The Bertz CT molecular complexity index is 381. The van der Waals surface area contributed by atoms with Crippen LogP contribution in [0.1, 0.15) is 0 Å². The van der Waals surface area contributed by atoms with E-state index in [-0.39, 0.29) is 125 Å². The summed E-state index contributed by atoms with van der Waals surface area (Å²) in [5, 5.41) is 112. The second-order valence-corrected chi connectivity index (χ2v) is 0. The molecule has 0 aromatic heterocycles. The topological polar surface area (TPSA) is 460 Å². The summed E-state index contributed by atoms with van der Waals surface area (Å²) < 4.78 is 0. The Hall–Kier alpha value is -5.58. The maximum absolute atomic E-state index is 6.25. The van der Waals surface area contributed by atoms with Gasteiger partial charge in [-0.2, -0.15) is 0 Å². The minimum atomic E-state index is 0. The van der Waals surface area contributed by atoms with Gasteiger partial charge in [0.1, 0.15) is 0 Å². The van der Waals surface area contributed by atoms with Crippen molar-refractivity contribution in [1.82, 2.24) is 0 Å². The molecular formula is C18H2Fe7N18O. The zero-order valence-electron chi connectivity index (χ0n) is 20.0. The molecule has 0 aliphatic rings. The first-order valence-electron chi connectivity index (χ1n) is 4.02. The summed E-state index contributed by atoms with van der Waals surface area (Å²) in [6, 6.07) is 0. The minimum Gasteiger partial charge on any atom is -0.512 e. The molecule has 0 saturated heterocycles. The quantitative estimate of drug-likeness (QED) is 0.241. The summed E-state index contributed by atoms with van der Waals surface area (Å²) in [5.74, 6) is 0. The first-order chi connectivity index (χ1) is 18.0. The number of hydrogen-bond acceptors (Lipinski definition) is 18. The van der Waals surface area contributed by atoms with Crippen molar-refractivity contribution in [2.45, 2.75) is 0 Å². The van der Waals surface area contributed by atoms with Crippen LogP contribution in [0.25, 0.3) is 0 Å². The van der Waals surface area contributed by atoms with Crippen LogP contribution in [0.4, 0.5) is 0 Å². The molecule has 0 rings (SSSR count). The second kappa shape index (κ2) is 1590. The Labute approximate surface area is 335 Å². The van der Waals surface area contributed by atoms with Crippen LogP contribution in [-0.2, 0) is 119 Å². The van der Waals surface area contributed by atoms with E-state index in [1.165, 1.54) is 0 Å². The Kier molecular flexibility index (Phi) is 12600. The second-order valence-electron chi connectivity index (χ2n) is 0. The molecule has 0 aromatic rings. The van der Waals surface area contributed by atoms with Gasteiger partial charge < -0.3 is 218 Å². The number of rotatable bonds is 0. The number of hydrogen-bond donors (Lipinski definition) is 0. The van der Waals surface area contributed by atoms with E-state index in [2.05, 4.69) is 0 Å². The SMILES string of the molecule is O.[C-]#N.[C-]#N.[C-]#N.[C-]#N.[C-]#N.[C-]#N.[C-]#N.[C-]#N.[C-]#N.[C-]#N.[C-]#N.[C-]#N.[C-]#N.[C-]#N.[C-]#N.[C-]#N.[C-]#N.[C-]#N.[Fe+6].[Fe+6].[Fe+6].[Fe].[Fe].[Fe].[Fe]. The van der Waals surface area contributed by atoms with E-state index in [1.807, 2.05) is 0 Å². The van der Waals surface area contributed by atoms with Gasteiger partial charge >= 0.3 is 51.2 Å². The van der Waals surface area contributed by atoms with Crippen molar-refractivity contribution in [2.24, 2.45) is 0 Å². The Morgan fingerprint density at radius 2 is 0.136 bits per heavy atom. The van der Waals surface area contributed by atoms with Crippen molar-refractivity contribution in [3.05, 3.63) is 118 Å². The maximum atomic E-state index is 6.25. The van der Waals surface area contributed by atoms with Crippen LogP contribution in [0.15, 0.2) is 0 Å². The molecule has 0 aliphatic heterocycles. The van der Waals surface area contributed by atoms with E-state index in [0.29, 0.717) is 0 Å². The van der Waals surface area contributed by atoms with Crippen LogP contribution < -0.4 is 0 Å². The van der Waals surface area contributed by atoms with Crippen LogP contribution >= 0.6 is 0 Å². The summed E-state index contributed by atoms with van der Waals surface area (Å²) in [4.78, 5) is 0. The summed E-state index contributed by atoms with van der Waals surface area (Å²) in [6.45, 7) is 85.5. The molecule has 19 nitrogen and oxygen atoms in total. The van der Waals surface area contributed by atoms with E-state index < -0.39 is 0 Å². The van der Waals surface area contributed by atoms with E-state index in [1.54, 1.807) is 0 Å². The zero-order chi connectivity index (χ0) is 36.0. The van der Waals surface area contributed by atoms with Gasteiger partial charge in [-0.3, -0.25) is 0 Å². The van der Waals surface area contributed by atoms with Crippen LogP contribution in [0.5, 0.6) is 0 Å². The predicted octanol–water partition coefficient (Wildman–Crippen LogP) is 0.892. The smallest absolute Gasteiger partial charge is 0.512 e. The Morgan fingerprint density at radius 3 is 0.136 bits per heavy atom. The number of nitrogens with zero attached hydrogens (tertiary/aromatic N) is 18. The van der Waals surface area contributed by atoms with Crippen LogP contribution in [0, 0.1) is 213 Å². The van der Waals surface area contributed by atoms with Crippen molar-refractivity contribution in [3.8, 4) is 0 Å². The van der Waals surface area contributed by atoms with Gasteiger partial charge in [0.15, 0.2) is 0 Å².